The number of hydrogen-bond acceptors (Lipinski definition) is 4. The van der Waals surface area contributed by atoms with E-state index in [4.69, 9.17) is 0 Å². The molecular weight excluding hydrogens is 202 g/mol. The Morgan fingerprint density at radius 3 is 2.79 bits per heavy atom. The van der Waals surface area contributed by atoms with Crippen LogP contribution in [0.3, 0.4) is 0 Å². The van der Waals surface area contributed by atoms with Crippen LogP contribution in [0.1, 0.15) is 13.8 Å². The Bertz CT molecular complexity index is 323. The molecular formula is C8H11N3O2S. The zero-order chi connectivity index (χ0) is 10.6. The second-order valence-electron chi connectivity index (χ2n) is 2.75. The number of thiazole rings is 1. The van der Waals surface area contributed by atoms with E-state index in [2.05, 4.69) is 15.6 Å². The van der Waals surface area contributed by atoms with E-state index in [0.717, 1.165) is 0 Å². The van der Waals surface area contributed by atoms with Crippen molar-refractivity contribution in [1.29, 1.82) is 0 Å². The van der Waals surface area contributed by atoms with Gasteiger partial charge in [-0.15, -0.1) is 11.3 Å². The predicted octanol–water partition coefficient (Wildman–Crippen LogP) is 0.606. The molecule has 5 nitrogen and oxygen atoms in total. The van der Waals surface area contributed by atoms with Crippen LogP contribution in [0.5, 0.6) is 0 Å². The summed E-state index contributed by atoms with van der Waals surface area (Å²) in [5.74, 6) is -0.498. The summed E-state index contributed by atoms with van der Waals surface area (Å²) in [6.07, 6.45) is 1.60. The molecule has 1 rings (SSSR count). The highest BCUT2D eigenvalue weighted by atomic mass is 32.1. The van der Waals surface area contributed by atoms with Crippen molar-refractivity contribution in [3.05, 3.63) is 11.6 Å². The van der Waals surface area contributed by atoms with Gasteiger partial charge in [-0.05, 0) is 6.92 Å². The molecule has 2 N–H and O–H groups in total. The summed E-state index contributed by atoms with van der Waals surface area (Å²) in [5.41, 5.74) is 0. The first-order chi connectivity index (χ1) is 6.59. The van der Waals surface area contributed by atoms with Crippen molar-refractivity contribution in [1.82, 2.24) is 10.3 Å². The SMILES string of the molecule is CC(=O)N[C@@H](C)C(=O)Nc1nccs1. The Balaban J connectivity index is 2.46. The molecule has 0 radical (unpaired) electrons. The van der Waals surface area contributed by atoms with Gasteiger partial charge in [0.25, 0.3) is 0 Å². The van der Waals surface area contributed by atoms with Gasteiger partial charge in [-0.3, -0.25) is 9.59 Å². The summed E-state index contributed by atoms with van der Waals surface area (Å²) in [6, 6.07) is -0.545. The smallest absolute Gasteiger partial charge is 0.248 e. The molecule has 0 aliphatic heterocycles. The standard InChI is InChI=1S/C8H11N3O2S/c1-5(10-6(2)12)7(13)11-8-9-3-4-14-8/h3-5H,1-2H3,(H,10,12)(H,9,11,13)/t5-/m0/s1. The Morgan fingerprint density at radius 1 is 1.57 bits per heavy atom. The first kappa shape index (κ1) is 10.6. The van der Waals surface area contributed by atoms with Gasteiger partial charge in [-0.25, -0.2) is 4.98 Å². The molecule has 0 aromatic carbocycles. The van der Waals surface area contributed by atoms with Gasteiger partial charge in [0, 0.05) is 18.5 Å². The highest BCUT2D eigenvalue weighted by molar-refractivity contribution is 7.13. The van der Waals surface area contributed by atoms with Crippen molar-refractivity contribution in [2.75, 3.05) is 5.32 Å². The number of carbonyl (C=O) groups is 2. The predicted molar refractivity (Wildman–Crippen MR) is 54.0 cm³/mol. The van der Waals surface area contributed by atoms with Crippen LogP contribution in [-0.2, 0) is 9.59 Å². The lowest BCUT2D eigenvalue weighted by molar-refractivity contribution is -0.124. The number of rotatable bonds is 3. The maximum absolute atomic E-state index is 11.4. The van der Waals surface area contributed by atoms with Crippen molar-refractivity contribution in [3.63, 3.8) is 0 Å². The molecule has 14 heavy (non-hydrogen) atoms. The number of carbonyl (C=O) groups excluding carboxylic acids is 2. The van der Waals surface area contributed by atoms with Crippen LogP contribution in [0.15, 0.2) is 11.6 Å². The fourth-order valence-electron chi connectivity index (χ4n) is 0.869. The van der Waals surface area contributed by atoms with Gasteiger partial charge >= 0.3 is 0 Å². The monoisotopic (exact) mass is 213 g/mol. The molecule has 0 unspecified atom stereocenters. The highest BCUT2D eigenvalue weighted by Crippen LogP contribution is 2.10. The van der Waals surface area contributed by atoms with E-state index in [-0.39, 0.29) is 11.8 Å². The van der Waals surface area contributed by atoms with Gasteiger partial charge in [0.1, 0.15) is 6.04 Å². The maximum Gasteiger partial charge on any atom is 0.248 e. The summed E-state index contributed by atoms with van der Waals surface area (Å²) in [6.45, 7) is 2.98. The highest BCUT2D eigenvalue weighted by Gasteiger charge is 2.14. The molecule has 1 aromatic rings. The lowest BCUT2D eigenvalue weighted by atomic mass is 10.3. The summed E-state index contributed by atoms with van der Waals surface area (Å²) < 4.78 is 0. The fourth-order valence-corrected chi connectivity index (χ4v) is 1.40. The molecule has 6 heteroatoms. The lowest BCUT2D eigenvalue weighted by Gasteiger charge is -2.10. The van der Waals surface area contributed by atoms with E-state index in [1.54, 1.807) is 18.5 Å². The van der Waals surface area contributed by atoms with E-state index in [1.165, 1.54) is 18.3 Å². The fraction of sp³-hybridized carbons (Fsp3) is 0.375. The van der Waals surface area contributed by atoms with E-state index < -0.39 is 6.04 Å². The summed E-state index contributed by atoms with van der Waals surface area (Å²) in [7, 11) is 0. The molecule has 76 valence electrons. The first-order valence-corrected chi connectivity index (χ1v) is 4.95. The van der Waals surface area contributed by atoms with Crippen molar-refractivity contribution in [2.24, 2.45) is 0 Å². The zero-order valence-corrected chi connectivity index (χ0v) is 8.72. The average Bonchev–Trinajstić information content (AvgIpc) is 2.55. The molecule has 1 aromatic heterocycles. The Morgan fingerprint density at radius 2 is 2.29 bits per heavy atom. The first-order valence-electron chi connectivity index (χ1n) is 4.07. The molecule has 0 bridgehead atoms. The quantitative estimate of drug-likeness (QED) is 0.772. The number of aromatic nitrogens is 1. The van der Waals surface area contributed by atoms with Crippen LogP contribution in [0.2, 0.25) is 0 Å². The third kappa shape index (κ3) is 3.14. The summed E-state index contributed by atoms with van der Waals surface area (Å²) in [5, 5.41) is 7.36. The van der Waals surface area contributed by atoms with E-state index in [1.807, 2.05) is 0 Å². The van der Waals surface area contributed by atoms with Gasteiger partial charge in [-0.1, -0.05) is 0 Å². The molecule has 0 saturated heterocycles. The minimum absolute atomic E-state index is 0.230. The second-order valence-corrected chi connectivity index (χ2v) is 3.64. The van der Waals surface area contributed by atoms with Crippen LogP contribution >= 0.6 is 11.3 Å². The van der Waals surface area contributed by atoms with Gasteiger partial charge in [-0.2, -0.15) is 0 Å². The molecule has 0 aliphatic carbocycles. The molecule has 0 saturated carbocycles. The Hall–Kier alpha value is -1.43. The van der Waals surface area contributed by atoms with Gasteiger partial charge in [0.15, 0.2) is 5.13 Å². The topological polar surface area (TPSA) is 71.1 Å². The lowest BCUT2D eigenvalue weighted by Crippen LogP contribution is -2.40. The maximum atomic E-state index is 11.4. The van der Waals surface area contributed by atoms with Crippen molar-refractivity contribution >= 4 is 28.3 Å². The normalized spacial score (nSPS) is 11.9. The molecule has 0 spiro atoms. The van der Waals surface area contributed by atoms with Crippen LogP contribution in [0.4, 0.5) is 5.13 Å². The number of amides is 2. The summed E-state index contributed by atoms with van der Waals surface area (Å²) in [4.78, 5) is 25.9. The van der Waals surface area contributed by atoms with Crippen LogP contribution in [-0.4, -0.2) is 22.8 Å². The largest absolute Gasteiger partial charge is 0.345 e. The number of nitrogens with zero attached hydrogens (tertiary/aromatic N) is 1. The molecule has 0 fully saturated rings. The Labute approximate surface area is 85.5 Å². The van der Waals surface area contributed by atoms with E-state index in [9.17, 15) is 9.59 Å². The van der Waals surface area contributed by atoms with Crippen molar-refractivity contribution in [3.8, 4) is 0 Å². The number of anilines is 1. The molecule has 1 atom stereocenters. The van der Waals surface area contributed by atoms with Gasteiger partial charge in [0.05, 0.1) is 0 Å². The molecule has 1 heterocycles. The summed E-state index contributed by atoms with van der Waals surface area (Å²) >= 11 is 1.33. The zero-order valence-electron chi connectivity index (χ0n) is 7.90. The van der Waals surface area contributed by atoms with Gasteiger partial charge < -0.3 is 10.6 Å². The second kappa shape index (κ2) is 4.71. The van der Waals surface area contributed by atoms with Crippen LogP contribution in [0, 0.1) is 0 Å². The van der Waals surface area contributed by atoms with E-state index in [0.29, 0.717) is 5.13 Å². The molecule has 0 aliphatic rings. The molecule has 2 amide bonds. The van der Waals surface area contributed by atoms with Crippen LogP contribution < -0.4 is 10.6 Å². The minimum Gasteiger partial charge on any atom is -0.345 e. The third-order valence-electron chi connectivity index (χ3n) is 1.48. The van der Waals surface area contributed by atoms with Crippen molar-refractivity contribution in [2.45, 2.75) is 19.9 Å². The third-order valence-corrected chi connectivity index (χ3v) is 2.16. The number of hydrogen-bond donors (Lipinski definition) is 2. The van der Waals surface area contributed by atoms with Crippen molar-refractivity contribution < 1.29 is 9.59 Å². The number of nitrogens with one attached hydrogen (secondary N) is 2. The van der Waals surface area contributed by atoms with Crippen LogP contribution in [0.25, 0.3) is 0 Å². The average molecular weight is 213 g/mol. The van der Waals surface area contributed by atoms with Gasteiger partial charge in [0.2, 0.25) is 11.8 Å². The van der Waals surface area contributed by atoms with E-state index >= 15 is 0 Å². The Kier molecular flexibility index (Phi) is 3.58. The minimum atomic E-state index is -0.545.